The van der Waals surface area contributed by atoms with Crippen LogP contribution in [0.15, 0.2) is 46.0 Å². The summed E-state index contributed by atoms with van der Waals surface area (Å²) in [6.45, 7) is 9.59. The molecule has 0 bridgehead atoms. The van der Waals surface area contributed by atoms with Crippen LogP contribution in [0, 0.1) is 0 Å². The first-order valence-corrected chi connectivity index (χ1v) is 10.3. The second-order valence-electron chi connectivity index (χ2n) is 7.89. The van der Waals surface area contributed by atoms with Gasteiger partial charge in [0, 0.05) is 23.6 Å². The number of Topliss-reactive ketones (excluding diaryl/α,β-unsaturated/α-hetero) is 2. The molecule has 0 aromatic carbocycles. The number of ketones is 2. The van der Waals surface area contributed by atoms with E-state index in [2.05, 4.69) is 11.4 Å². The summed E-state index contributed by atoms with van der Waals surface area (Å²) in [5.74, 6) is -0.604. The van der Waals surface area contributed by atoms with Crippen LogP contribution in [0.3, 0.4) is 0 Å². The Morgan fingerprint density at radius 3 is 2.07 bits per heavy atom. The summed E-state index contributed by atoms with van der Waals surface area (Å²) in [6, 6.07) is 0.163. The first kappa shape index (κ1) is 25.4. The Hall–Kier alpha value is -2.63. The van der Waals surface area contributed by atoms with E-state index in [9.17, 15) is 14.4 Å². The van der Waals surface area contributed by atoms with Crippen molar-refractivity contribution >= 4 is 17.5 Å². The molecule has 0 heterocycles. The molecular formula is C24H35NO5. The molecule has 1 aliphatic rings. The van der Waals surface area contributed by atoms with Crippen molar-refractivity contribution in [2.45, 2.75) is 72.8 Å². The first-order chi connectivity index (χ1) is 14.1. The Kier molecular flexibility index (Phi) is 10.3. The van der Waals surface area contributed by atoms with Crippen LogP contribution in [0.4, 0.5) is 0 Å². The minimum atomic E-state index is -0.310. The third kappa shape index (κ3) is 7.32. The van der Waals surface area contributed by atoms with Gasteiger partial charge in [-0.3, -0.25) is 14.4 Å². The number of allylic oxidation sites excluding steroid dienone is 6. The average Bonchev–Trinajstić information content (AvgIpc) is 2.68. The summed E-state index contributed by atoms with van der Waals surface area (Å²) in [7, 11) is 2.72. The number of hydrogen-bond donors (Lipinski definition) is 1. The Bertz CT molecular complexity index is 796. The van der Waals surface area contributed by atoms with Gasteiger partial charge in [0.1, 0.15) is 0 Å². The molecule has 6 heteroatoms. The van der Waals surface area contributed by atoms with Gasteiger partial charge in [0.15, 0.2) is 0 Å². The van der Waals surface area contributed by atoms with Crippen LogP contribution < -0.4 is 5.32 Å². The maximum absolute atomic E-state index is 12.6. The molecule has 0 aromatic heterocycles. The SMILES string of the molecule is COC1=C(OC)C(=O)C(CC=C(C)CCC=C(C)CCC(=O)NC(C)C)=C(C)C1=O. The van der Waals surface area contributed by atoms with Crippen LogP contribution in [-0.4, -0.2) is 37.7 Å². The fourth-order valence-electron chi connectivity index (χ4n) is 3.17. The molecule has 30 heavy (non-hydrogen) atoms. The van der Waals surface area contributed by atoms with Gasteiger partial charge >= 0.3 is 0 Å². The lowest BCUT2D eigenvalue weighted by Gasteiger charge is -2.19. The normalized spacial score (nSPS) is 15.9. The van der Waals surface area contributed by atoms with Crippen molar-refractivity contribution in [3.05, 3.63) is 46.0 Å². The van der Waals surface area contributed by atoms with Gasteiger partial charge in [-0.1, -0.05) is 23.3 Å². The van der Waals surface area contributed by atoms with Gasteiger partial charge < -0.3 is 14.8 Å². The third-order valence-electron chi connectivity index (χ3n) is 4.98. The summed E-state index contributed by atoms with van der Waals surface area (Å²) in [6.07, 6.45) is 7.47. The summed E-state index contributed by atoms with van der Waals surface area (Å²) < 4.78 is 10.2. The van der Waals surface area contributed by atoms with Crippen LogP contribution in [0.1, 0.15) is 66.7 Å². The molecule has 0 atom stereocenters. The van der Waals surface area contributed by atoms with Gasteiger partial charge in [-0.25, -0.2) is 0 Å². The van der Waals surface area contributed by atoms with Gasteiger partial charge in [-0.05, 0) is 60.3 Å². The number of nitrogens with one attached hydrogen (secondary N) is 1. The molecule has 1 amide bonds. The predicted octanol–water partition coefficient (Wildman–Crippen LogP) is 4.33. The fourth-order valence-corrected chi connectivity index (χ4v) is 3.17. The number of rotatable bonds is 11. The lowest BCUT2D eigenvalue weighted by molar-refractivity contribution is -0.121. The van der Waals surface area contributed by atoms with E-state index in [0.29, 0.717) is 24.0 Å². The molecule has 0 spiro atoms. The fraction of sp³-hybridized carbons (Fsp3) is 0.542. The maximum Gasteiger partial charge on any atom is 0.228 e. The van der Waals surface area contributed by atoms with Crippen molar-refractivity contribution in [3.63, 3.8) is 0 Å². The first-order valence-electron chi connectivity index (χ1n) is 10.3. The molecule has 1 N–H and O–H groups in total. The molecule has 6 nitrogen and oxygen atoms in total. The Morgan fingerprint density at radius 1 is 0.933 bits per heavy atom. The average molecular weight is 418 g/mol. The van der Waals surface area contributed by atoms with Gasteiger partial charge in [0.05, 0.1) is 14.2 Å². The predicted molar refractivity (Wildman–Crippen MR) is 118 cm³/mol. The monoisotopic (exact) mass is 417 g/mol. The van der Waals surface area contributed by atoms with E-state index in [1.807, 2.05) is 33.8 Å². The highest BCUT2D eigenvalue weighted by atomic mass is 16.5. The Morgan fingerprint density at radius 2 is 1.50 bits per heavy atom. The number of hydrogen-bond acceptors (Lipinski definition) is 5. The summed E-state index contributed by atoms with van der Waals surface area (Å²) in [4.78, 5) is 36.8. The third-order valence-corrected chi connectivity index (χ3v) is 4.98. The van der Waals surface area contributed by atoms with Crippen molar-refractivity contribution in [2.24, 2.45) is 0 Å². The highest BCUT2D eigenvalue weighted by Crippen LogP contribution is 2.28. The Balaban J connectivity index is 2.63. The molecule has 0 fully saturated rings. The minimum absolute atomic E-state index is 0.0331. The zero-order chi connectivity index (χ0) is 22.8. The number of ether oxygens (including phenoxy) is 2. The van der Waals surface area contributed by atoms with Gasteiger partial charge in [0.25, 0.3) is 0 Å². The van der Waals surface area contributed by atoms with Crippen LogP contribution >= 0.6 is 0 Å². The van der Waals surface area contributed by atoms with E-state index < -0.39 is 0 Å². The molecule has 0 radical (unpaired) electrons. The van der Waals surface area contributed by atoms with E-state index in [1.165, 1.54) is 19.8 Å². The molecule has 166 valence electrons. The maximum atomic E-state index is 12.6. The smallest absolute Gasteiger partial charge is 0.228 e. The topological polar surface area (TPSA) is 81.7 Å². The molecule has 0 unspecified atom stereocenters. The van der Waals surface area contributed by atoms with Crippen molar-refractivity contribution in [1.29, 1.82) is 0 Å². The highest BCUT2D eigenvalue weighted by molar-refractivity contribution is 6.23. The van der Waals surface area contributed by atoms with Crippen LogP contribution in [0.2, 0.25) is 0 Å². The van der Waals surface area contributed by atoms with E-state index in [4.69, 9.17) is 9.47 Å². The molecule has 1 rings (SSSR count). The van der Waals surface area contributed by atoms with E-state index in [0.717, 1.165) is 24.8 Å². The van der Waals surface area contributed by atoms with Crippen molar-refractivity contribution in [1.82, 2.24) is 5.32 Å². The molecule has 0 saturated carbocycles. The molecule has 0 saturated heterocycles. The Labute approximate surface area is 180 Å². The van der Waals surface area contributed by atoms with Gasteiger partial charge in [-0.2, -0.15) is 0 Å². The van der Waals surface area contributed by atoms with Crippen LogP contribution in [0.25, 0.3) is 0 Å². The van der Waals surface area contributed by atoms with Crippen molar-refractivity contribution in [3.8, 4) is 0 Å². The molecule has 1 aliphatic carbocycles. The van der Waals surface area contributed by atoms with E-state index >= 15 is 0 Å². The van der Waals surface area contributed by atoms with Gasteiger partial charge in [-0.15, -0.1) is 0 Å². The zero-order valence-corrected chi connectivity index (χ0v) is 19.3. The standard InChI is InChI=1S/C24H35NO5/c1-15(2)25-20(26)14-12-17(4)10-8-9-16(3)11-13-19-18(5)21(27)23(29-6)24(30-7)22(19)28/h10-11,15H,8-9,12-14H2,1-7H3,(H,25,26). The van der Waals surface area contributed by atoms with Crippen molar-refractivity contribution < 1.29 is 23.9 Å². The van der Waals surface area contributed by atoms with E-state index in [-0.39, 0.29) is 35.0 Å². The molecular weight excluding hydrogens is 382 g/mol. The quantitative estimate of drug-likeness (QED) is 0.400. The number of amides is 1. The van der Waals surface area contributed by atoms with Crippen molar-refractivity contribution in [2.75, 3.05) is 14.2 Å². The summed E-state index contributed by atoms with van der Waals surface area (Å²) in [5.41, 5.74) is 3.17. The number of carbonyl (C=O) groups is 3. The zero-order valence-electron chi connectivity index (χ0n) is 19.3. The number of carbonyl (C=O) groups excluding carboxylic acids is 3. The van der Waals surface area contributed by atoms with Crippen LogP contribution in [0.5, 0.6) is 0 Å². The minimum Gasteiger partial charge on any atom is -0.489 e. The molecule has 0 aliphatic heterocycles. The number of methoxy groups -OCH3 is 2. The molecule has 0 aromatic rings. The largest absolute Gasteiger partial charge is 0.489 e. The summed E-state index contributed by atoms with van der Waals surface area (Å²) in [5, 5.41) is 2.89. The van der Waals surface area contributed by atoms with Gasteiger partial charge in [0.2, 0.25) is 29.0 Å². The van der Waals surface area contributed by atoms with Crippen LogP contribution in [-0.2, 0) is 23.9 Å². The lowest BCUT2D eigenvalue weighted by Crippen LogP contribution is -2.29. The second-order valence-corrected chi connectivity index (χ2v) is 7.89. The van der Waals surface area contributed by atoms with E-state index in [1.54, 1.807) is 6.92 Å². The highest BCUT2D eigenvalue weighted by Gasteiger charge is 2.34. The second kappa shape index (κ2) is 12.2. The summed E-state index contributed by atoms with van der Waals surface area (Å²) >= 11 is 0. The lowest BCUT2D eigenvalue weighted by atomic mass is 9.90.